The number of quaternary nitrogens is 1. The Bertz CT molecular complexity index is 107. The van der Waals surface area contributed by atoms with Crippen molar-refractivity contribution in [2.75, 3.05) is 41.1 Å². The molecular weight excluding hydrogens is 257 g/mol. The van der Waals surface area contributed by atoms with Gasteiger partial charge >= 0.3 is 0 Å². The fraction of sp³-hybridized carbons (Fsp3) is 1.00. The molecule has 1 saturated heterocycles. The van der Waals surface area contributed by atoms with Crippen LogP contribution in [0.2, 0.25) is 0 Å². The van der Waals surface area contributed by atoms with E-state index >= 15 is 0 Å². The van der Waals surface area contributed by atoms with Crippen molar-refractivity contribution < 1.29 is 37.9 Å². The fourth-order valence-corrected chi connectivity index (χ4v) is 0.923. The Kier molecular flexibility index (Phi) is 4.85. The third-order valence-corrected chi connectivity index (χ3v) is 1.88. The van der Waals surface area contributed by atoms with Gasteiger partial charge in [-0.05, 0) is 0 Å². The van der Waals surface area contributed by atoms with Gasteiger partial charge in [0, 0.05) is 0 Å². The first kappa shape index (κ1) is 11.6. The Balaban J connectivity index is 0.000001000. The van der Waals surface area contributed by atoms with Crippen LogP contribution in [-0.2, 0) is 9.47 Å². The molecule has 68 valence electrons. The third kappa shape index (κ3) is 3.68. The topological polar surface area (TPSA) is 18.5 Å². The van der Waals surface area contributed by atoms with Gasteiger partial charge in [0.25, 0.3) is 0 Å². The maximum absolute atomic E-state index is 5.17. The minimum absolute atomic E-state index is 0. The van der Waals surface area contributed by atoms with E-state index < -0.39 is 0 Å². The summed E-state index contributed by atoms with van der Waals surface area (Å²) in [6, 6.07) is 0.494. The predicted octanol–water partition coefficient (Wildman–Crippen LogP) is -2.93. The van der Waals surface area contributed by atoms with Crippen molar-refractivity contribution in [3.8, 4) is 0 Å². The summed E-state index contributed by atoms with van der Waals surface area (Å²) >= 11 is 0. The number of ether oxygens (including phenoxy) is 2. The highest BCUT2D eigenvalue weighted by Crippen LogP contribution is 2.07. The summed E-state index contributed by atoms with van der Waals surface area (Å²) in [5, 5.41) is 0. The lowest BCUT2D eigenvalue weighted by molar-refractivity contribution is -0.899. The molecule has 1 aliphatic rings. The van der Waals surface area contributed by atoms with E-state index in [2.05, 4.69) is 21.1 Å². The van der Waals surface area contributed by atoms with Crippen LogP contribution in [-0.4, -0.2) is 51.7 Å². The lowest BCUT2D eigenvalue weighted by Gasteiger charge is -2.35. The van der Waals surface area contributed by atoms with Gasteiger partial charge in [0.1, 0.15) is 26.0 Å². The summed E-state index contributed by atoms with van der Waals surface area (Å²) in [4.78, 5) is 0. The van der Waals surface area contributed by atoms with Crippen LogP contribution in [0.3, 0.4) is 0 Å². The summed E-state index contributed by atoms with van der Waals surface area (Å²) in [5.74, 6) is 0. The van der Waals surface area contributed by atoms with Crippen LogP contribution in [0, 0.1) is 0 Å². The van der Waals surface area contributed by atoms with Crippen LogP contribution in [0.5, 0.6) is 0 Å². The molecule has 0 amide bonds. The molecule has 1 aliphatic heterocycles. The van der Waals surface area contributed by atoms with E-state index in [0.717, 1.165) is 17.7 Å². The van der Waals surface area contributed by atoms with E-state index in [1.807, 2.05) is 0 Å². The van der Waals surface area contributed by atoms with Gasteiger partial charge in [0.15, 0.2) is 0 Å². The van der Waals surface area contributed by atoms with Crippen LogP contribution in [0.15, 0.2) is 0 Å². The Morgan fingerprint density at radius 1 is 1.09 bits per heavy atom. The second-order valence-corrected chi connectivity index (χ2v) is 3.63. The van der Waals surface area contributed by atoms with Crippen molar-refractivity contribution in [3.63, 3.8) is 0 Å². The molecule has 1 rings (SSSR count). The molecule has 0 aliphatic carbocycles. The van der Waals surface area contributed by atoms with E-state index in [-0.39, 0.29) is 24.0 Å². The van der Waals surface area contributed by atoms with Gasteiger partial charge in [0.05, 0.1) is 21.1 Å². The zero-order valence-corrected chi connectivity index (χ0v) is 9.50. The first-order chi connectivity index (χ1) is 4.61. The van der Waals surface area contributed by atoms with Gasteiger partial charge in [-0.2, -0.15) is 0 Å². The largest absolute Gasteiger partial charge is 1.00 e. The molecule has 0 bridgehead atoms. The van der Waals surface area contributed by atoms with E-state index in [0.29, 0.717) is 12.8 Å². The van der Waals surface area contributed by atoms with Gasteiger partial charge in [-0.15, -0.1) is 0 Å². The molecule has 0 saturated carbocycles. The summed E-state index contributed by atoms with van der Waals surface area (Å²) in [6.45, 7) is 2.11. The minimum Gasteiger partial charge on any atom is -1.00 e. The third-order valence-electron chi connectivity index (χ3n) is 1.88. The molecule has 0 spiro atoms. The minimum atomic E-state index is 0. The van der Waals surface area contributed by atoms with Crippen molar-refractivity contribution in [1.82, 2.24) is 0 Å². The maximum Gasteiger partial charge on any atom is 0.147 e. The summed E-state index contributed by atoms with van der Waals surface area (Å²) in [5.41, 5.74) is 0. The average Bonchev–Trinajstić information content (AvgIpc) is 1.88. The SMILES string of the molecule is C[N+](C)(C)C1COCOC1.[I-]. The van der Waals surface area contributed by atoms with E-state index in [1.165, 1.54) is 0 Å². The second-order valence-electron chi connectivity index (χ2n) is 3.63. The van der Waals surface area contributed by atoms with Crippen molar-refractivity contribution >= 4 is 0 Å². The molecule has 1 fully saturated rings. The Morgan fingerprint density at radius 3 is 1.82 bits per heavy atom. The highest BCUT2D eigenvalue weighted by Gasteiger charge is 2.26. The first-order valence-corrected chi connectivity index (χ1v) is 3.57. The molecule has 0 aromatic rings. The van der Waals surface area contributed by atoms with Crippen molar-refractivity contribution in [1.29, 1.82) is 0 Å². The highest BCUT2D eigenvalue weighted by molar-refractivity contribution is 4.56. The lowest BCUT2D eigenvalue weighted by Crippen LogP contribution is -3.00. The molecule has 3 nitrogen and oxygen atoms in total. The van der Waals surface area contributed by atoms with Crippen LogP contribution in [0.25, 0.3) is 0 Å². The standard InChI is InChI=1S/C7H16NO2.HI/c1-8(2,3)7-4-9-6-10-5-7;/h7H,4-6H2,1-3H3;1H/q+1;/p-1. The number of hydrogen-bond donors (Lipinski definition) is 0. The second kappa shape index (κ2) is 4.59. The summed E-state index contributed by atoms with van der Waals surface area (Å²) < 4.78 is 11.3. The van der Waals surface area contributed by atoms with E-state index in [1.54, 1.807) is 0 Å². The number of likely N-dealkylation sites (N-methyl/N-ethyl adjacent to an activating group) is 1. The molecule has 0 aromatic heterocycles. The zero-order valence-electron chi connectivity index (χ0n) is 7.34. The molecule has 0 N–H and O–H groups in total. The number of hydrogen-bond acceptors (Lipinski definition) is 2. The van der Waals surface area contributed by atoms with Gasteiger partial charge in [-0.1, -0.05) is 0 Å². The van der Waals surface area contributed by atoms with Crippen molar-refractivity contribution in [2.24, 2.45) is 0 Å². The molecule has 11 heavy (non-hydrogen) atoms. The van der Waals surface area contributed by atoms with Gasteiger partial charge < -0.3 is 37.9 Å². The van der Waals surface area contributed by atoms with E-state index in [9.17, 15) is 0 Å². The molecule has 0 aromatic carbocycles. The Morgan fingerprint density at radius 2 is 1.55 bits per heavy atom. The predicted molar refractivity (Wildman–Crippen MR) is 38.6 cm³/mol. The van der Waals surface area contributed by atoms with Crippen LogP contribution < -0.4 is 24.0 Å². The Labute approximate surface area is 85.3 Å². The maximum atomic E-state index is 5.17. The molecule has 0 radical (unpaired) electrons. The molecule has 1 heterocycles. The van der Waals surface area contributed by atoms with Gasteiger partial charge in [0.2, 0.25) is 0 Å². The molecule has 0 unspecified atom stereocenters. The summed E-state index contributed by atoms with van der Waals surface area (Å²) in [6.07, 6.45) is 0. The number of halogens is 1. The molecular formula is C7H16INO2. The monoisotopic (exact) mass is 273 g/mol. The lowest BCUT2D eigenvalue weighted by atomic mass is 10.2. The summed E-state index contributed by atoms with van der Waals surface area (Å²) in [7, 11) is 6.47. The zero-order chi connectivity index (χ0) is 7.61. The smallest absolute Gasteiger partial charge is 0.147 e. The average molecular weight is 273 g/mol. The van der Waals surface area contributed by atoms with Gasteiger partial charge in [-0.3, -0.25) is 0 Å². The fourth-order valence-electron chi connectivity index (χ4n) is 0.923. The molecule has 4 heteroatoms. The van der Waals surface area contributed by atoms with Crippen LogP contribution in [0.1, 0.15) is 0 Å². The first-order valence-electron chi connectivity index (χ1n) is 3.57. The van der Waals surface area contributed by atoms with Crippen LogP contribution >= 0.6 is 0 Å². The van der Waals surface area contributed by atoms with E-state index in [4.69, 9.17) is 9.47 Å². The quantitative estimate of drug-likeness (QED) is 0.376. The van der Waals surface area contributed by atoms with Gasteiger partial charge in [-0.25, -0.2) is 0 Å². The van der Waals surface area contributed by atoms with Crippen molar-refractivity contribution in [2.45, 2.75) is 6.04 Å². The molecule has 0 atom stereocenters. The van der Waals surface area contributed by atoms with Crippen LogP contribution in [0.4, 0.5) is 0 Å². The number of rotatable bonds is 1. The normalized spacial score (nSPS) is 21.0. The number of nitrogens with zero attached hydrogens (tertiary/aromatic N) is 1. The van der Waals surface area contributed by atoms with Crippen molar-refractivity contribution in [3.05, 3.63) is 0 Å². The Hall–Kier alpha value is 0.610. The highest BCUT2D eigenvalue weighted by atomic mass is 127.